The maximum Gasteiger partial charge on any atom is 0.236 e. The Balaban J connectivity index is 2.13. The average molecular weight is 374 g/mol. The third-order valence-electron chi connectivity index (χ3n) is 3.41. The molecule has 2 aromatic rings. The molecule has 132 valence electrons. The van der Waals surface area contributed by atoms with Gasteiger partial charge in [0.05, 0.1) is 5.75 Å². The van der Waals surface area contributed by atoms with Crippen molar-refractivity contribution in [3.05, 3.63) is 83.3 Å². The zero-order chi connectivity index (χ0) is 18.4. The van der Waals surface area contributed by atoms with Crippen LogP contribution in [0.4, 0.5) is 5.69 Å². The van der Waals surface area contributed by atoms with Crippen molar-refractivity contribution in [1.29, 1.82) is 0 Å². The van der Waals surface area contributed by atoms with Crippen molar-refractivity contribution in [1.82, 2.24) is 0 Å². The minimum Gasteiger partial charge on any atom is -0.283 e. The Labute approximate surface area is 154 Å². The second-order valence-electron chi connectivity index (χ2n) is 6.10. The highest BCUT2D eigenvalue weighted by atomic mass is 32.2. The summed E-state index contributed by atoms with van der Waals surface area (Å²) < 4.78 is 27.4. The summed E-state index contributed by atoms with van der Waals surface area (Å²) in [6.45, 7) is 11.9. The molecule has 0 aliphatic rings. The van der Waals surface area contributed by atoms with E-state index in [0.717, 1.165) is 32.9 Å². The number of anilines is 1. The molecule has 0 spiro atoms. The molecule has 1 N–H and O–H groups in total. The smallest absolute Gasteiger partial charge is 0.236 e. The fourth-order valence-electron chi connectivity index (χ4n) is 2.31. The van der Waals surface area contributed by atoms with Crippen LogP contribution in [-0.2, 0) is 15.8 Å². The minimum atomic E-state index is -3.46. The van der Waals surface area contributed by atoms with Gasteiger partial charge < -0.3 is 0 Å². The molecule has 0 bridgehead atoms. The molecular formula is C20H23NO2S2. The highest BCUT2D eigenvalue weighted by molar-refractivity contribution is 8.03. The molecule has 0 aliphatic carbocycles. The number of allylic oxidation sites excluding steroid dienone is 2. The highest BCUT2D eigenvalue weighted by Gasteiger charge is 2.13. The lowest BCUT2D eigenvalue weighted by atomic mass is 10.2. The average Bonchev–Trinajstić information content (AvgIpc) is 2.50. The Morgan fingerprint density at radius 2 is 1.80 bits per heavy atom. The van der Waals surface area contributed by atoms with E-state index in [9.17, 15) is 8.42 Å². The normalized spacial score (nSPS) is 11.1. The van der Waals surface area contributed by atoms with Crippen LogP contribution >= 0.6 is 11.8 Å². The van der Waals surface area contributed by atoms with Gasteiger partial charge in [0.25, 0.3) is 0 Å². The largest absolute Gasteiger partial charge is 0.283 e. The van der Waals surface area contributed by atoms with Crippen molar-refractivity contribution < 1.29 is 8.42 Å². The molecule has 0 aliphatic heterocycles. The van der Waals surface area contributed by atoms with Crippen LogP contribution in [0.3, 0.4) is 0 Å². The van der Waals surface area contributed by atoms with E-state index in [4.69, 9.17) is 0 Å². The molecule has 25 heavy (non-hydrogen) atoms. The molecule has 0 fully saturated rings. The van der Waals surface area contributed by atoms with Gasteiger partial charge in [0.1, 0.15) is 0 Å². The molecule has 0 saturated carbocycles. The summed E-state index contributed by atoms with van der Waals surface area (Å²) in [4.78, 5) is 1.98. The monoisotopic (exact) mass is 373 g/mol. The van der Waals surface area contributed by atoms with E-state index in [1.54, 1.807) is 30.0 Å². The lowest BCUT2D eigenvalue weighted by Crippen LogP contribution is -2.15. The van der Waals surface area contributed by atoms with E-state index in [2.05, 4.69) is 17.9 Å². The van der Waals surface area contributed by atoms with Gasteiger partial charge >= 0.3 is 0 Å². The van der Waals surface area contributed by atoms with E-state index in [0.29, 0.717) is 5.69 Å². The molecule has 0 atom stereocenters. The number of sulfonamides is 1. The van der Waals surface area contributed by atoms with Crippen molar-refractivity contribution in [2.75, 3.05) is 4.72 Å². The van der Waals surface area contributed by atoms with E-state index < -0.39 is 10.0 Å². The Morgan fingerprint density at radius 1 is 1.12 bits per heavy atom. The second kappa shape index (κ2) is 8.41. The molecular weight excluding hydrogens is 350 g/mol. The number of hydrogen-bond donors (Lipinski definition) is 1. The summed E-state index contributed by atoms with van der Waals surface area (Å²) in [5, 5.41) is 0. The first-order valence-corrected chi connectivity index (χ1v) is 10.4. The number of rotatable bonds is 8. The SMILES string of the molecule is C=C(C)CC(=C)Sc1cc(NS(=O)(=O)Cc2ccccc2)ccc1C. The number of benzene rings is 2. The molecule has 0 unspecified atom stereocenters. The maximum atomic E-state index is 12.4. The number of nitrogens with one attached hydrogen (secondary N) is 1. The van der Waals surface area contributed by atoms with Gasteiger partial charge in [0.15, 0.2) is 0 Å². The van der Waals surface area contributed by atoms with E-state index in [1.807, 2.05) is 44.2 Å². The number of thioether (sulfide) groups is 1. The molecule has 0 heterocycles. The first kappa shape index (κ1) is 19.3. The zero-order valence-corrected chi connectivity index (χ0v) is 16.2. The molecule has 2 aromatic carbocycles. The number of hydrogen-bond acceptors (Lipinski definition) is 3. The van der Waals surface area contributed by atoms with Crippen LogP contribution in [0.15, 0.2) is 77.1 Å². The van der Waals surface area contributed by atoms with Gasteiger partial charge in [-0.25, -0.2) is 8.42 Å². The zero-order valence-electron chi connectivity index (χ0n) is 14.6. The predicted octanol–water partition coefficient (Wildman–Crippen LogP) is 5.51. The molecule has 0 aromatic heterocycles. The summed E-state index contributed by atoms with van der Waals surface area (Å²) in [7, 11) is -3.46. The minimum absolute atomic E-state index is 0.0490. The maximum absolute atomic E-state index is 12.4. The van der Waals surface area contributed by atoms with Gasteiger partial charge in [-0.3, -0.25) is 4.72 Å². The first-order chi connectivity index (χ1) is 11.7. The second-order valence-corrected chi connectivity index (χ2v) is 9.05. The topological polar surface area (TPSA) is 46.2 Å². The van der Waals surface area contributed by atoms with Crippen molar-refractivity contribution in [3.63, 3.8) is 0 Å². The highest BCUT2D eigenvalue weighted by Crippen LogP contribution is 2.33. The number of aryl methyl sites for hydroxylation is 1. The summed E-state index contributed by atoms with van der Waals surface area (Å²) in [6.07, 6.45) is 0.744. The molecule has 0 saturated heterocycles. The van der Waals surface area contributed by atoms with Crippen LogP contribution in [0.25, 0.3) is 0 Å². The van der Waals surface area contributed by atoms with Gasteiger partial charge in [-0.1, -0.05) is 66.9 Å². The van der Waals surface area contributed by atoms with Gasteiger partial charge in [0, 0.05) is 10.6 Å². The van der Waals surface area contributed by atoms with Crippen LogP contribution in [0.1, 0.15) is 24.5 Å². The summed E-state index contributed by atoms with van der Waals surface area (Å²) in [5.74, 6) is -0.0490. The molecule has 5 heteroatoms. The first-order valence-electron chi connectivity index (χ1n) is 7.90. The van der Waals surface area contributed by atoms with Crippen molar-refractivity contribution in [3.8, 4) is 0 Å². The Bertz CT molecular complexity index is 872. The quantitative estimate of drug-likeness (QED) is 0.490. The Hall–Kier alpha value is -1.98. The summed E-state index contributed by atoms with van der Waals surface area (Å²) in [5.41, 5.74) is 3.45. The summed E-state index contributed by atoms with van der Waals surface area (Å²) >= 11 is 1.55. The Morgan fingerprint density at radius 3 is 2.44 bits per heavy atom. The van der Waals surface area contributed by atoms with Crippen molar-refractivity contribution in [2.45, 2.75) is 30.9 Å². The predicted molar refractivity (Wildman–Crippen MR) is 108 cm³/mol. The van der Waals surface area contributed by atoms with E-state index >= 15 is 0 Å². The van der Waals surface area contributed by atoms with Gasteiger partial charge in [0.2, 0.25) is 10.0 Å². The van der Waals surface area contributed by atoms with Crippen LogP contribution < -0.4 is 4.72 Å². The Kier molecular flexibility index (Phi) is 6.51. The molecule has 0 amide bonds. The third-order valence-corrected chi connectivity index (χ3v) is 5.77. The van der Waals surface area contributed by atoms with Gasteiger partial charge in [-0.2, -0.15) is 0 Å². The molecule has 3 nitrogen and oxygen atoms in total. The van der Waals surface area contributed by atoms with E-state index in [1.165, 1.54) is 0 Å². The van der Waals surface area contributed by atoms with Gasteiger partial charge in [-0.15, -0.1) is 0 Å². The standard InChI is InChI=1S/C20H23NO2S2/c1-15(2)12-17(4)24-20-13-19(11-10-16(20)3)21-25(22,23)14-18-8-6-5-7-9-18/h5-11,13,21H,1,4,12,14H2,2-3H3. The third kappa shape index (κ3) is 6.44. The fraction of sp³-hybridized carbons (Fsp3) is 0.200. The van der Waals surface area contributed by atoms with Crippen molar-refractivity contribution in [2.24, 2.45) is 0 Å². The lowest BCUT2D eigenvalue weighted by molar-refractivity contribution is 0.600. The van der Waals surface area contributed by atoms with Crippen molar-refractivity contribution >= 4 is 27.5 Å². The fourth-order valence-corrected chi connectivity index (χ4v) is 4.55. The van der Waals surface area contributed by atoms with E-state index in [-0.39, 0.29) is 5.75 Å². The van der Waals surface area contributed by atoms with Gasteiger partial charge in [-0.05, 0) is 48.4 Å². The molecule has 0 radical (unpaired) electrons. The van der Waals surface area contributed by atoms with Crippen LogP contribution in [0.5, 0.6) is 0 Å². The summed E-state index contributed by atoms with van der Waals surface area (Å²) in [6, 6.07) is 14.7. The van der Waals surface area contributed by atoms with Crippen LogP contribution in [0, 0.1) is 6.92 Å². The van der Waals surface area contributed by atoms with Crippen LogP contribution in [0.2, 0.25) is 0 Å². The lowest BCUT2D eigenvalue weighted by Gasteiger charge is -2.12. The molecule has 2 rings (SSSR count). The van der Waals surface area contributed by atoms with Crippen LogP contribution in [-0.4, -0.2) is 8.42 Å².